The molecule has 0 saturated carbocycles. The Bertz CT molecular complexity index is 628. The van der Waals surface area contributed by atoms with E-state index >= 15 is 0 Å². The normalized spacial score (nSPS) is 9.84. The van der Waals surface area contributed by atoms with Gasteiger partial charge in [-0.1, -0.05) is 18.2 Å². The van der Waals surface area contributed by atoms with E-state index in [1.807, 2.05) is 6.07 Å². The number of ether oxygens (including phenoxy) is 1. The molecule has 1 aromatic heterocycles. The maximum atomic E-state index is 11.6. The zero-order valence-corrected chi connectivity index (χ0v) is 10.1. The maximum Gasteiger partial charge on any atom is 0.328 e. The molecule has 0 aliphatic heterocycles. The summed E-state index contributed by atoms with van der Waals surface area (Å²) in [6, 6.07) is 9.02. The van der Waals surface area contributed by atoms with E-state index in [-0.39, 0.29) is 13.2 Å². The highest BCUT2D eigenvalue weighted by Gasteiger charge is 2.07. The summed E-state index contributed by atoms with van der Waals surface area (Å²) in [5, 5.41) is 12.8. The van der Waals surface area contributed by atoms with Crippen molar-refractivity contribution in [2.45, 2.75) is 13.2 Å². The van der Waals surface area contributed by atoms with Crippen molar-refractivity contribution in [2.24, 2.45) is 0 Å². The second-order valence-electron chi connectivity index (χ2n) is 3.90. The summed E-state index contributed by atoms with van der Waals surface area (Å²) >= 11 is 0. The average molecular weight is 256 g/mol. The summed E-state index contributed by atoms with van der Waals surface area (Å²) in [6.07, 6.45) is 3.00. The van der Waals surface area contributed by atoms with Crippen molar-refractivity contribution >= 4 is 11.7 Å². The van der Waals surface area contributed by atoms with Crippen LogP contribution in [0.15, 0.2) is 36.7 Å². The standard InChI is InChI=1S/C13H12N4O2/c14-5-10-3-1-2-4-11(10)9-19-13(18)8-17-7-12(15)6-16-17/h1-4,6-7H,8-9,15H2. The lowest BCUT2D eigenvalue weighted by Crippen LogP contribution is -2.14. The first-order valence-corrected chi connectivity index (χ1v) is 5.60. The number of nitriles is 1. The minimum absolute atomic E-state index is 0.00802. The van der Waals surface area contributed by atoms with E-state index in [9.17, 15) is 4.79 Å². The molecule has 0 bridgehead atoms. The molecule has 96 valence electrons. The van der Waals surface area contributed by atoms with Gasteiger partial charge in [0.2, 0.25) is 0 Å². The molecule has 0 saturated heterocycles. The smallest absolute Gasteiger partial charge is 0.328 e. The number of nitrogen functional groups attached to an aromatic ring is 1. The summed E-state index contributed by atoms with van der Waals surface area (Å²) < 4.78 is 6.49. The van der Waals surface area contributed by atoms with Gasteiger partial charge in [-0.2, -0.15) is 10.4 Å². The zero-order chi connectivity index (χ0) is 13.7. The fraction of sp³-hybridized carbons (Fsp3) is 0.154. The number of aromatic nitrogens is 2. The van der Waals surface area contributed by atoms with Gasteiger partial charge in [-0.3, -0.25) is 9.48 Å². The van der Waals surface area contributed by atoms with Crippen LogP contribution in [-0.2, 0) is 22.7 Å². The quantitative estimate of drug-likeness (QED) is 0.826. The Morgan fingerprint density at radius 1 is 1.47 bits per heavy atom. The molecule has 19 heavy (non-hydrogen) atoms. The van der Waals surface area contributed by atoms with E-state index in [0.29, 0.717) is 16.8 Å². The van der Waals surface area contributed by atoms with Crippen molar-refractivity contribution in [1.29, 1.82) is 5.26 Å². The Morgan fingerprint density at radius 2 is 2.26 bits per heavy atom. The van der Waals surface area contributed by atoms with Crippen molar-refractivity contribution in [2.75, 3.05) is 5.73 Å². The highest BCUT2D eigenvalue weighted by Crippen LogP contribution is 2.09. The number of rotatable bonds is 4. The third-order valence-corrected chi connectivity index (χ3v) is 2.47. The Balaban J connectivity index is 1.92. The number of hydrogen-bond donors (Lipinski definition) is 1. The van der Waals surface area contributed by atoms with Crippen LogP contribution in [0, 0.1) is 11.3 Å². The maximum absolute atomic E-state index is 11.6. The molecule has 2 N–H and O–H groups in total. The van der Waals surface area contributed by atoms with Crippen LogP contribution in [0.2, 0.25) is 0 Å². The number of carbonyl (C=O) groups excluding carboxylic acids is 1. The third kappa shape index (κ3) is 3.33. The molecule has 0 atom stereocenters. The van der Waals surface area contributed by atoms with Crippen molar-refractivity contribution in [1.82, 2.24) is 9.78 Å². The largest absolute Gasteiger partial charge is 0.459 e. The first-order valence-electron chi connectivity index (χ1n) is 5.60. The lowest BCUT2D eigenvalue weighted by Gasteiger charge is -2.06. The van der Waals surface area contributed by atoms with Crippen LogP contribution < -0.4 is 5.73 Å². The molecular weight excluding hydrogens is 244 g/mol. The molecule has 0 unspecified atom stereocenters. The minimum atomic E-state index is -0.434. The zero-order valence-electron chi connectivity index (χ0n) is 10.1. The summed E-state index contributed by atoms with van der Waals surface area (Å²) in [5.41, 5.74) is 7.15. The summed E-state index contributed by atoms with van der Waals surface area (Å²) in [5.74, 6) is -0.434. The van der Waals surface area contributed by atoms with Gasteiger partial charge < -0.3 is 10.5 Å². The van der Waals surface area contributed by atoms with Crippen LogP contribution >= 0.6 is 0 Å². The number of carbonyl (C=O) groups is 1. The van der Waals surface area contributed by atoms with Gasteiger partial charge in [-0.05, 0) is 6.07 Å². The van der Waals surface area contributed by atoms with Crippen LogP contribution in [0.5, 0.6) is 0 Å². The monoisotopic (exact) mass is 256 g/mol. The van der Waals surface area contributed by atoms with Gasteiger partial charge in [0.05, 0.1) is 23.5 Å². The minimum Gasteiger partial charge on any atom is -0.459 e. The van der Waals surface area contributed by atoms with E-state index in [1.54, 1.807) is 30.5 Å². The fourth-order valence-corrected chi connectivity index (χ4v) is 1.56. The van der Waals surface area contributed by atoms with Crippen molar-refractivity contribution in [3.8, 4) is 6.07 Å². The van der Waals surface area contributed by atoms with Crippen LogP contribution in [0.25, 0.3) is 0 Å². The molecule has 1 heterocycles. The van der Waals surface area contributed by atoms with Gasteiger partial charge in [0.25, 0.3) is 0 Å². The molecule has 0 aliphatic rings. The Labute approximate surface area is 110 Å². The first kappa shape index (κ1) is 12.6. The van der Waals surface area contributed by atoms with Crippen molar-refractivity contribution in [3.05, 3.63) is 47.8 Å². The molecular formula is C13H12N4O2. The van der Waals surface area contributed by atoms with Gasteiger partial charge in [0, 0.05) is 11.8 Å². The van der Waals surface area contributed by atoms with Gasteiger partial charge in [0.15, 0.2) is 0 Å². The molecule has 0 radical (unpaired) electrons. The number of nitrogens with two attached hydrogens (primary N) is 1. The second kappa shape index (κ2) is 5.69. The molecule has 6 nitrogen and oxygen atoms in total. The van der Waals surface area contributed by atoms with E-state index in [0.717, 1.165) is 0 Å². The molecule has 2 aromatic rings. The van der Waals surface area contributed by atoms with Crippen molar-refractivity contribution in [3.63, 3.8) is 0 Å². The molecule has 6 heteroatoms. The first-order chi connectivity index (χ1) is 9.19. The molecule has 0 fully saturated rings. The molecule has 0 amide bonds. The second-order valence-corrected chi connectivity index (χ2v) is 3.90. The Morgan fingerprint density at radius 3 is 2.95 bits per heavy atom. The summed E-state index contributed by atoms with van der Waals surface area (Å²) in [6.45, 7) is 0.0608. The van der Waals surface area contributed by atoms with Crippen LogP contribution in [0.1, 0.15) is 11.1 Å². The van der Waals surface area contributed by atoms with Crippen LogP contribution in [0.4, 0.5) is 5.69 Å². The Hall–Kier alpha value is -2.81. The van der Waals surface area contributed by atoms with E-state index in [4.69, 9.17) is 15.7 Å². The number of hydrogen-bond acceptors (Lipinski definition) is 5. The fourth-order valence-electron chi connectivity index (χ4n) is 1.56. The number of nitrogens with zero attached hydrogens (tertiary/aromatic N) is 3. The van der Waals surface area contributed by atoms with Crippen LogP contribution in [0.3, 0.4) is 0 Å². The van der Waals surface area contributed by atoms with Gasteiger partial charge >= 0.3 is 5.97 Å². The number of anilines is 1. The van der Waals surface area contributed by atoms with Gasteiger partial charge in [0.1, 0.15) is 13.2 Å². The summed E-state index contributed by atoms with van der Waals surface area (Å²) in [7, 11) is 0. The highest BCUT2D eigenvalue weighted by molar-refractivity contribution is 5.69. The average Bonchev–Trinajstić information content (AvgIpc) is 2.82. The number of benzene rings is 1. The van der Waals surface area contributed by atoms with Gasteiger partial charge in [-0.25, -0.2) is 0 Å². The Kier molecular flexibility index (Phi) is 3.78. The van der Waals surface area contributed by atoms with Gasteiger partial charge in [-0.15, -0.1) is 0 Å². The molecule has 1 aromatic carbocycles. The topological polar surface area (TPSA) is 93.9 Å². The lowest BCUT2D eigenvalue weighted by atomic mass is 10.1. The predicted molar refractivity (Wildman–Crippen MR) is 67.6 cm³/mol. The summed E-state index contributed by atoms with van der Waals surface area (Å²) in [4.78, 5) is 11.6. The molecule has 0 spiro atoms. The molecule has 2 rings (SSSR count). The number of esters is 1. The van der Waals surface area contributed by atoms with E-state index < -0.39 is 5.97 Å². The van der Waals surface area contributed by atoms with Crippen LogP contribution in [-0.4, -0.2) is 15.7 Å². The van der Waals surface area contributed by atoms with E-state index in [1.165, 1.54) is 10.9 Å². The highest BCUT2D eigenvalue weighted by atomic mass is 16.5. The molecule has 0 aliphatic carbocycles. The third-order valence-electron chi connectivity index (χ3n) is 2.47. The SMILES string of the molecule is N#Cc1ccccc1COC(=O)Cn1cc(N)cn1. The van der Waals surface area contributed by atoms with E-state index in [2.05, 4.69) is 5.10 Å². The van der Waals surface area contributed by atoms with Crippen molar-refractivity contribution < 1.29 is 9.53 Å². The predicted octanol–water partition coefficient (Wildman–Crippen LogP) is 1.08. The lowest BCUT2D eigenvalue weighted by molar-refractivity contribution is -0.145.